The minimum absolute atomic E-state index is 0.0244. The molecule has 7 nitrogen and oxygen atoms in total. The first-order chi connectivity index (χ1) is 14.1. The van der Waals surface area contributed by atoms with E-state index in [4.69, 9.17) is 9.15 Å². The molecule has 0 aliphatic rings. The number of amides is 1. The van der Waals surface area contributed by atoms with E-state index in [0.717, 1.165) is 28.0 Å². The second-order valence-electron chi connectivity index (χ2n) is 6.91. The number of hydrogen-bond acceptors (Lipinski definition) is 5. The molecule has 29 heavy (non-hydrogen) atoms. The van der Waals surface area contributed by atoms with Gasteiger partial charge in [0.2, 0.25) is 5.91 Å². The number of rotatable bonds is 6. The molecule has 0 saturated carbocycles. The molecular formula is C22H22N4O3. The summed E-state index contributed by atoms with van der Waals surface area (Å²) in [6, 6.07) is 13.5. The maximum Gasteiger partial charge on any atom is 0.227 e. The van der Waals surface area contributed by atoms with Gasteiger partial charge in [0.25, 0.3) is 0 Å². The standard InChI is InChI=1S/C22H22N4O3/c1-15(16-4-6-18(7-5-16)26-14-23-13-24-26)25(2)22(27)10-17-12-29-21-11-19(28-3)8-9-20(17)21/h4-9,11-15H,10H2,1-3H3/t15-/m0/s1. The second kappa shape index (κ2) is 7.79. The van der Waals surface area contributed by atoms with Crippen LogP contribution in [-0.2, 0) is 11.2 Å². The van der Waals surface area contributed by atoms with Crippen LogP contribution in [0, 0.1) is 0 Å². The summed E-state index contributed by atoms with van der Waals surface area (Å²) in [7, 11) is 3.44. The first kappa shape index (κ1) is 18.7. The highest BCUT2D eigenvalue weighted by molar-refractivity contribution is 5.88. The molecule has 0 unspecified atom stereocenters. The molecule has 7 heteroatoms. The van der Waals surface area contributed by atoms with Gasteiger partial charge in [0.1, 0.15) is 24.0 Å². The lowest BCUT2D eigenvalue weighted by atomic mass is 10.1. The van der Waals surface area contributed by atoms with Gasteiger partial charge >= 0.3 is 0 Å². The van der Waals surface area contributed by atoms with Crippen LogP contribution in [0.5, 0.6) is 5.75 Å². The lowest BCUT2D eigenvalue weighted by molar-refractivity contribution is -0.131. The average molecular weight is 390 g/mol. The van der Waals surface area contributed by atoms with E-state index in [1.165, 1.54) is 6.33 Å². The van der Waals surface area contributed by atoms with E-state index in [1.54, 1.807) is 29.3 Å². The third-order valence-electron chi connectivity index (χ3n) is 5.24. The molecule has 1 amide bonds. The minimum Gasteiger partial charge on any atom is -0.497 e. The predicted octanol–water partition coefficient (Wildman–Crippen LogP) is 3.78. The molecule has 0 radical (unpaired) electrons. The highest BCUT2D eigenvalue weighted by Gasteiger charge is 2.20. The molecule has 2 aromatic heterocycles. The largest absolute Gasteiger partial charge is 0.497 e. The molecule has 0 aliphatic heterocycles. The molecule has 1 atom stereocenters. The molecule has 4 rings (SSSR count). The van der Waals surface area contributed by atoms with Crippen LogP contribution in [0.3, 0.4) is 0 Å². The topological polar surface area (TPSA) is 73.4 Å². The van der Waals surface area contributed by atoms with Gasteiger partial charge in [0.05, 0.1) is 31.5 Å². The summed E-state index contributed by atoms with van der Waals surface area (Å²) in [6.07, 6.45) is 5.07. The smallest absolute Gasteiger partial charge is 0.227 e. The Morgan fingerprint density at radius 2 is 2.03 bits per heavy atom. The van der Waals surface area contributed by atoms with Crippen LogP contribution in [0.1, 0.15) is 24.1 Å². The quantitative estimate of drug-likeness (QED) is 0.501. The lowest BCUT2D eigenvalue weighted by Crippen LogP contribution is -2.30. The maximum absolute atomic E-state index is 12.9. The fourth-order valence-corrected chi connectivity index (χ4v) is 3.30. The summed E-state index contributed by atoms with van der Waals surface area (Å²) in [5.74, 6) is 0.751. The highest BCUT2D eigenvalue weighted by Crippen LogP contribution is 2.27. The van der Waals surface area contributed by atoms with Crippen LogP contribution in [0.4, 0.5) is 0 Å². The molecule has 0 aliphatic carbocycles. The molecule has 2 aromatic carbocycles. The molecule has 148 valence electrons. The van der Waals surface area contributed by atoms with Crippen molar-refractivity contribution in [3.8, 4) is 11.4 Å². The Kier molecular flexibility index (Phi) is 5.03. The van der Waals surface area contributed by atoms with Gasteiger partial charge in [-0.2, -0.15) is 5.10 Å². The zero-order chi connectivity index (χ0) is 20.4. The molecule has 2 heterocycles. The lowest BCUT2D eigenvalue weighted by Gasteiger charge is -2.25. The van der Waals surface area contributed by atoms with Crippen LogP contribution < -0.4 is 4.74 Å². The van der Waals surface area contributed by atoms with E-state index < -0.39 is 0 Å². The molecule has 0 spiro atoms. The van der Waals surface area contributed by atoms with Crippen molar-refractivity contribution in [1.82, 2.24) is 19.7 Å². The van der Waals surface area contributed by atoms with Crippen molar-refractivity contribution >= 4 is 16.9 Å². The SMILES string of the molecule is COc1ccc2c(CC(=O)N(C)[C@@H](C)c3ccc(-n4cncn4)cc3)coc2c1. The van der Waals surface area contributed by atoms with Crippen molar-refractivity contribution in [2.75, 3.05) is 14.2 Å². The predicted molar refractivity (Wildman–Crippen MR) is 109 cm³/mol. The van der Waals surface area contributed by atoms with Crippen LogP contribution in [0.2, 0.25) is 0 Å². The Bertz CT molecular complexity index is 1120. The Morgan fingerprint density at radius 1 is 1.24 bits per heavy atom. The zero-order valence-corrected chi connectivity index (χ0v) is 16.6. The van der Waals surface area contributed by atoms with Gasteiger partial charge < -0.3 is 14.1 Å². The van der Waals surface area contributed by atoms with Crippen LogP contribution in [-0.4, -0.2) is 39.7 Å². The number of likely N-dealkylation sites (N-methyl/N-ethyl adjacent to an activating group) is 1. The summed E-state index contributed by atoms with van der Waals surface area (Å²) in [4.78, 5) is 18.6. The number of furan rings is 1. The zero-order valence-electron chi connectivity index (χ0n) is 16.6. The monoisotopic (exact) mass is 390 g/mol. The van der Waals surface area contributed by atoms with Crippen LogP contribution >= 0.6 is 0 Å². The first-order valence-corrected chi connectivity index (χ1v) is 9.31. The van der Waals surface area contributed by atoms with Crippen LogP contribution in [0.25, 0.3) is 16.7 Å². The van der Waals surface area contributed by atoms with E-state index >= 15 is 0 Å². The summed E-state index contributed by atoms with van der Waals surface area (Å²) < 4.78 is 12.5. The Labute approximate surface area is 168 Å². The van der Waals surface area contributed by atoms with Gasteiger partial charge in [-0.15, -0.1) is 0 Å². The number of benzene rings is 2. The fraction of sp³-hybridized carbons (Fsp3) is 0.227. The molecule has 0 N–H and O–H groups in total. The molecule has 0 bridgehead atoms. The van der Waals surface area contributed by atoms with Gasteiger partial charge in [-0.1, -0.05) is 12.1 Å². The van der Waals surface area contributed by atoms with E-state index in [1.807, 2.05) is 56.4 Å². The highest BCUT2D eigenvalue weighted by atomic mass is 16.5. The van der Waals surface area contributed by atoms with E-state index in [-0.39, 0.29) is 18.4 Å². The molecular weight excluding hydrogens is 368 g/mol. The average Bonchev–Trinajstić information content (AvgIpc) is 3.43. The van der Waals surface area contributed by atoms with Crippen molar-refractivity contribution in [3.63, 3.8) is 0 Å². The van der Waals surface area contributed by atoms with Crippen molar-refractivity contribution < 1.29 is 13.9 Å². The van der Waals surface area contributed by atoms with Gasteiger partial charge in [-0.25, -0.2) is 9.67 Å². The van der Waals surface area contributed by atoms with Crippen LogP contribution in [0.15, 0.2) is 65.8 Å². The number of ether oxygens (including phenoxy) is 1. The number of aromatic nitrogens is 3. The second-order valence-corrected chi connectivity index (χ2v) is 6.91. The van der Waals surface area contributed by atoms with Gasteiger partial charge in [-0.05, 0) is 36.8 Å². The number of nitrogens with zero attached hydrogens (tertiary/aromatic N) is 4. The summed E-state index contributed by atoms with van der Waals surface area (Å²) in [5, 5.41) is 5.05. The van der Waals surface area contributed by atoms with E-state index in [2.05, 4.69) is 10.1 Å². The third-order valence-corrected chi connectivity index (χ3v) is 5.24. The first-order valence-electron chi connectivity index (χ1n) is 9.31. The number of carbonyl (C=O) groups excluding carboxylic acids is 1. The Hall–Kier alpha value is -3.61. The van der Waals surface area contributed by atoms with Crippen molar-refractivity contribution in [2.45, 2.75) is 19.4 Å². The third kappa shape index (κ3) is 3.71. The van der Waals surface area contributed by atoms with Gasteiger partial charge in [-0.3, -0.25) is 4.79 Å². The van der Waals surface area contributed by atoms with Crippen molar-refractivity contribution in [1.29, 1.82) is 0 Å². The summed E-state index contributed by atoms with van der Waals surface area (Å²) in [5.41, 5.74) is 3.55. The van der Waals surface area contributed by atoms with Gasteiger partial charge in [0.15, 0.2) is 0 Å². The molecule has 0 fully saturated rings. The number of carbonyl (C=O) groups is 1. The van der Waals surface area contributed by atoms with Crippen molar-refractivity contribution in [3.05, 3.63) is 72.5 Å². The number of hydrogen-bond donors (Lipinski definition) is 0. The van der Waals surface area contributed by atoms with Gasteiger partial charge in [0, 0.05) is 24.1 Å². The number of fused-ring (bicyclic) bond motifs is 1. The minimum atomic E-state index is -0.0643. The Balaban J connectivity index is 1.47. The van der Waals surface area contributed by atoms with E-state index in [0.29, 0.717) is 5.58 Å². The summed E-state index contributed by atoms with van der Waals surface area (Å²) >= 11 is 0. The normalized spacial score (nSPS) is 12.1. The van der Waals surface area contributed by atoms with Crippen molar-refractivity contribution in [2.24, 2.45) is 0 Å². The molecule has 4 aromatic rings. The van der Waals surface area contributed by atoms with E-state index in [9.17, 15) is 4.79 Å². The number of methoxy groups -OCH3 is 1. The summed E-state index contributed by atoms with van der Waals surface area (Å²) in [6.45, 7) is 2.01. The Morgan fingerprint density at radius 3 is 2.72 bits per heavy atom. The molecule has 0 saturated heterocycles. The fourth-order valence-electron chi connectivity index (χ4n) is 3.30. The maximum atomic E-state index is 12.9.